The smallest absolute Gasteiger partial charge is 0.170 e. The summed E-state index contributed by atoms with van der Waals surface area (Å²) in [6.07, 6.45) is 7.18. The fraction of sp³-hybridized carbons (Fsp3) is 0.0741. The molecular weight excluding hydrogens is 797 g/mol. The number of aryl methyl sites for hydroxylation is 2. The molecule has 0 unspecified atom stereocenters. The summed E-state index contributed by atoms with van der Waals surface area (Å²) in [5.41, 5.74) is 9.24. The molecule has 5 aromatic heterocycles. The summed E-state index contributed by atoms with van der Waals surface area (Å²) in [5.74, 6) is 5.28. The summed E-state index contributed by atoms with van der Waals surface area (Å²) < 4.78 is 29.2. The normalized spacial score (nSPS) is 11.4. The van der Waals surface area contributed by atoms with E-state index in [1.54, 1.807) is 26.6 Å². The molecule has 0 fully saturated rings. The van der Waals surface area contributed by atoms with E-state index in [9.17, 15) is 0 Å². The van der Waals surface area contributed by atoms with Crippen LogP contribution in [0, 0.1) is 13.8 Å². The first-order valence-corrected chi connectivity index (χ1v) is 20.9. The Morgan fingerprint density at radius 2 is 0.953 bits per heavy atom. The van der Waals surface area contributed by atoms with Gasteiger partial charge in [-0.15, -0.1) is 0 Å². The van der Waals surface area contributed by atoms with Crippen molar-refractivity contribution >= 4 is 43.6 Å². The molecular formula is C54H40N6O4. The van der Waals surface area contributed by atoms with E-state index in [2.05, 4.69) is 95.8 Å². The van der Waals surface area contributed by atoms with Crippen LogP contribution in [0.25, 0.3) is 77.8 Å². The SMILES string of the molecule is COc1cc(OC)c(-c2cnc(-c3cccc(Oc4ccc5c6ccccc6n(-c6cc(C)ccn6)c5c4)c3)cn2)cc1Oc1ccc2c3ccccc3n(-c3cc(C)ccn3)c2c1. The topological polar surface area (TPSA) is 98.3 Å². The van der Waals surface area contributed by atoms with Crippen LogP contribution >= 0.6 is 0 Å². The number of aromatic nitrogens is 6. The summed E-state index contributed by atoms with van der Waals surface area (Å²) in [5, 5.41) is 4.51. The quantitative estimate of drug-likeness (QED) is 0.134. The molecule has 0 aliphatic heterocycles. The van der Waals surface area contributed by atoms with Crippen molar-refractivity contribution in [1.29, 1.82) is 0 Å². The molecule has 11 aromatic rings. The second kappa shape index (κ2) is 15.8. The number of ether oxygens (including phenoxy) is 4. The minimum Gasteiger partial charge on any atom is -0.496 e. The highest BCUT2D eigenvalue weighted by Gasteiger charge is 2.20. The lowest BCUT2D eigenvalue weighted by Crippen LogP contribution is -1.98. The van der Waals surface area contributed by atoms with Gasteiger partial charge in [-0.05, 0) is 104 Å². The minimum atomic E-state index is 0.499. The fourth-order valence-corrected chi connectivity index (χ4v) is 8.55. The molecule has 0 saturated heterocycles. The molecule has 0 saturated carbocycles. The van der Waals surface area contributed by atoms with Gasteiger partial charge in [0, 0.05) is 63.3 Å². The van der Waals surface area contributed by atoms with Gasteiger partial charge in [-0.2, -0.15) is 0 Å². The minimum absolute atomic E-state index is 0.499. The Labute approximate surface area is 368 Å². The van der Waals surface area contributed by atoms with Crippen molar-refractivity contribution in [2.75, 3.05) is 14.2 Å². The van der Waals surface area contributed by atoms with Crippen molar-refractivity contribution in [2.24, 2.45) is 0 Å². The average molecular weight is 837 g/mol. The van der Waals surface area contributed by atoms with E-state index in [1.807, 2.05) is 85.2 Å². The lowest BCUT2D eigenvalue weighted by molar-refractivity contribution is 0.369. The van der Waals surface area contributed by atoms with Gasteiger partial charge < -0.3 is 18.9 Å². The Balaban J connectivity index is 0.894. The molecule has 0 bridgehead atoms. The number of benzene rings is 6. The maximum Gasteiger partial charge on any atom is 0.170 e. The summed E-state index contributed by atoms with van der Waals surface area (Å²) in [6, 6.07) is 48.7. The lowest BCUT2D eigenvalue weighted by atomic mass is 10.1. The summed E-state index contributed by atoms with van der Waals surface area (Å²) in [4.78, 5) is 19.2. The maximum atomic E-state index is 6.63. The molecule has 5 heterocycles. The van der Waals surface area contributed by atoms with Crippen molar-refractivity contribution in [3.05, 3.63) is 182 Å². The van der Waals surface area contributed by atoms with Crippen LogP contribution < -0.4 is 18.9 Å². The molecule has 0 amide bonds. The van der Waals surface area contributed by atoms with E-state index >= 15 is 0 Å². The third kappa shape index (κ3) is 6.78. The van der Waals surface area contributed by atoms with Crippen molar-refractivity contribution in [3.63, 3.8) is 0 Å². The van der Waals surface area contributed by atoms with Crippen LogP contribution in [0.4, 0.5) is 0 Å². The summed E-state index contributed by atoms with van der Waals surface area (Å²) >= 11 is 0. The van der Waals surface area contributed by atoms with E-state index in [-0.39, 0.29) is 0 Å². The number of methoxy groups -OCH3 is 2. The van der Waals surface area contributed by atoms with Gasteiger partial charge in [-0.25, -0.2) is 9.97 Å². The highest BCUT2D eigenvalue weighted by atomic mass is 16.5. The van der Waals surface area contributed by atoms with Crippen molar-refractivity contribution in [3.8, 4) is 68.6 Å². The number of rotatable bonds is 10. The standard InChI is InChI=1S/C54H40N6O4/c1-33-20-22-55-53(24-33)59-46-14-7-5-12-39(46)41-18-16-37(27-48(41)59)63-36-11-9-10-35(26-36)44-31-58-45(32-57-44)43-29-52(51(62-4)30-50(43)61-3)64-38-17-19-42-40-13-6-8-15-47(40)60(49(42)28-38)54-25-34(2)21-23-56-54/h5-32H,1-4H3. The lowest BCUT2D eigenvalue weighted by Gasteiger charge is -2.16. The van der Waals surface area contributed by atoms with Gasteiger partial charge in [-0.1, -0.05) is 48.5 Å². The molecule has 10 nitrogen and oxygen atoms in total. The second-order valence-corrected chi connectivity index (χ2v) is 15.7. The van der Waals surface area contributed by atoms with E-state index in [0.29, 0.717) is 51.4 Å². The Kier molecular flexibility index (Phi) is 9.46. The highest BCUT2D eigenvalue weighted by Crippen LogP contribution is 2.43. The zero-order valence-electron chi connectivity index (χ0n) is 35.5. The monoisotopic (exact) mass is 836 g/mol. The number of pyridine rings is 2. The molecule has 0 spiro atoms. The van der Waals surface area contributed by atoms with E-state index in [1.165, 1.54) is 0 Å². The third-order valence-electron chi connectivity index (χ3n) is 11.6. The van der Waals surface area contributed by atoms with Crippen LogP contribution in [0.5, 0.6) is 34.5 Å². The maximum absolute atomic E-state index is 6.63. The first-order valence-electron chi connectivity index (χ1n) is 20.9. The number of fused-ring (bicyclic) bond motifs is 6. The molecule has 11 rings (SSSR count). The van der Waals surface area contributed by atoms with Gasteiger partial charge in [0.15, 0.2) is 11.5 Å². The van der Waals surface area contributed by atoms with Gasteiger partial charge in [0.1, 0.15) is 34.6 Å². The van der Waals surface area contributed by atoms with Crippen LogP contribution in [-0.4, -0.2) is 43.3 Å². The molecule has 64 heavy (non-hydrogen) atoms. The van der Waals surface area contributed by atoms with Crippen molar-refractivity contribution in [2.45, 2.75) is 13.8 Å². The largest absolute Gasteiger partial charge is 0.496 e. The zero-order valence-corrected chi connectivity index (χ0v) is 35.5. The van der Waals surface area contributed by atoms with E-state index in [0.717, 1.165) is 71.9 Å². The Hall–Kier alpha value is -8.50. The van der Waals surface area contributed by atoms with Gasteiger partial charge >= 0.3 is 0 Å². The average Bonchev–Trinajstić information content (AvgIpc) is 3.83. The molecule has 0 radical (unpaired) electrons. The number of hydrogen-bond donors (Lipinski definition) is 0. The number of para-hydroxylation sites is 2. The predicted molar refractivity (Wildman–Crippen MR) is 253 cm³/mol. The summed E-state index contributed by atoms with van der Waals surface area (Å²) in [7, 11) is 3.23. The van der Waals surface area contributed by atoms with Crippen molar-refractivity contribution in [1.82, 2.24) is 29.1 Å². The molecule has 6 aromatic carbocycles. The molecule has 0 aliphatic carbocycles. The van der Waals surface area contributed by atoms with Crippen LogP contribution in [0.3, 0.4) is 0 Å². The van der Waals surface area contributed by atoms with Gasteiger partial charge in [0.2, 0.25) is 0 Å². The van der Waals surface area contributed by atoms with Crippen LogP contribution in [0.2, 0.25) is 0 Å². The zero-order chi connectivity index (χ0) is 43.3. The van der Waals surface area contributed by atoms with E-state index in [4.69, 9.17) is 38.9 Å². The van der Waals surface area contributed by atoms with Gasteiger partial charge in [0.05, 0.1) is 60.1 Å². The molecule has 0 aliphatic rings. The molecule has 10 heteroatoms. The Morgan fingerprint density at radius 1 is 0.406 bits per heavy atom. The number of hydrogen-bond acceptors (Lipinski definition) is 8. The van der Waals surface area contributed by atoms with Gasteiger partial charge in [0.25, 0.3) is 0 Å². The fourth-order valence-electron chi connectivity index (χ4n) is 8.55. The second-order valence-electron chi connectivity index (χ2n) is 15.7. The first-order chi connectivity index (χ1) is 31.4. The van der Waals surface area contributed by atoms with Crippen molar-refractivity contribution < 1.29 is 18.9 Å². The Bertz CT molecular complexity index is 3580. The Morgan fingerprint density at radius 3 is 1.53 bits per heavy atom. The first kappa shape index (κ1) is 38.4. The molecule has 310 valence electrons. The molecule has 0 atom stereocenters. The molecule has 0 N–H and O–H groups in total. The highest BCUT2D eigenvalue weighted by molar-refractivity contribution is 6.10. The van der Waals surface area contributed by atoms with Crippen LogP contribution in [0.15, 0.2) is 170 Å². The number of nitrogens with zero attached hydrogens (tertiary/aromatic N) is 6. The third-order valence-corrected chi connectivity index (χ3v) is 11.6. The summed E-state index contributed by atoms with van der Waals surface area (Å²) in [6.45, 7) is 4.15. The van der Waals surface area contributed by atoms with Gasteiger partial charge in [-0.3, -0.25) is 19.1 Å². The van der Waals surface area contributed by atoms with E-state index < -0.39 is 0 Å². The van der Waals surface area contributed by atoms with Crippen LogP contribution in [-0.2, 0) is 0 Å². The predicted octanol–water partition coefficient (Wildman–Crippen LogP) is 13.0. The van der Waals surface area contributed by atoms with Crippen LogP contribution in [0.1, 0.15) is 11.1 Å².